The van der Waals surface area contributed by atoms with Crippen molar-refractivity contribution in [3.05, 3.63) is 30.1 Å². The summed E-state index contributed by atoms with van der Waals surface area (Å²) < 4.78 is 8.22. The number of carbonyl (C=O) groups is 1. The van der Waals surface area contributed by atoms with Crippen molar-refractivity contribution in [2.45, 2.75) is 70.4 Å². The van der Waals surface area contributed by atoms with Crippen LogP contribution in [0.1, 0.15) is 63.9 Å². The monoisotopic (exact) mass is 406 g/mol. The van der Waals surface area contributed by atoms with E-state index >= 15 is 0 Å². The molecule has 1 amide bonds. The fraction of sp³-hybridized carbons (Fsp3) is 0.625. The number of rotatable bonds is 5. The molecule has 6 heteroatoms. The maximum Gasteiger partial charge on any atom is 0.410 e. The van der Waals surface area contributed by atoms with Crippen LogP contribution in [-0.2, 0) is 11.3 Å². The highest BCUT2D eigenvalue weighted by atomic mass is 16.6. The van der Waals surface area contributed by atoms with Gasteiger partial charge in [0.15, 0.2) is 0 Å². The summed E-state index contributed by atoms with van der Waals surface area (Å²) in [6.07, 6.45) is 10.8. The normalized spacial score (nSPS) is 27.8. The largest absolute Gasteiger partial charge is 0.441 e. The summed E-state index contributed by atoms with van der Waals surface area (Å²) in [7, 11) is 0. The molecule has 3 aliphatic rings. The lowest BCUT2D eigenvalue weighted by molar-refractivity contribution is 0.00397. The summed E-state index contributed by atoms with van der Waals surface area (Å²) >= 11 is 0. The molecule has 1 aliphatic heterocycles. The maximum absolute atomic E-state index is 12.7. The Morgan fingerprint density at radius 3 is 2.90 bits per heavy atom. The van der Waals surface area contributed by atoms with Crippen molar-refractivity contribution in [1.29, 1.82) is 5.26 Å². The predicted octanol–water partition coefficient (Wildman–Crippen LogP) is 4.87. The zero-order chi connectivity index (χ0) is 20.8. The quantitative estimate of drug-likeness (QED) is 0.710. The topological polar surface area (TPSA) is 71.2 Å². The standard InChI is InChI=1S/C24H30N4O2/c1-2-23(8-4-9-23)15-28-16-24(30-22(28)29)10-3-5-19(12-24)14-27-17-26-20-7-6-18(13-25)11-21(20)27/h6-7,11,17,19H,2-5,8-10,12,14-16H2,1H3/t19-,24-/m0/s1. The molecule has 2 heterocycles. The van der Waals surface area contributed by atoms with E-state index in [9.17, 15) is 10.1 Å². The van der Waals surface area contributed by atoms with E-state index in [4.69, 9.17) is 4.74 Å². The molecule has 5 rings (SSSR count). The molecular weight excluding hydrogens is 376 g/mol. The third-order valence-corrected chi connectivity index (χ3v) is 7.84. The second-order valence-electron chi connectivity index (χ2n) is 9.79. The first-order valence-corrected chi connectivity index (χ1v) is 11.4. The van der Waals surface area contributed by atoms with Gasteiger partial charge in [-0.1, -0.05) is 13.3 Å². The van der Waals surface area contributed by atoms with Crippen LogP contribution in [0.25, 0.3) is 11.0 Å². The highest BCUT2D eigenvalue weighted by molar-refractivity contribution is 5.77. The smallest absolute Gasteiger partial charge is 0.410 e. The van der Waals surface area contributed by atoms with Crippen molar-refractivity contribution in [2.75, 3.05) is 13.1 Å². The summed E-state index contributed by atoms with van der Waals surface area (Å²) in [4.78, 5) is 19.2. The lowest BCUT2D eigenvalue weighted by atomic mass is 9.66. The Labute approximate surface area is 177 Å². The Morgan fingerprint density at radius 1 is 1.30 bits per heavy atom. The van der Waals surface area contributed by atoms with Gasteiger partial charge in [-0.15, -0.1) is 0 Å². The maximum atomic E-state index is 12.7. The molecule has 1 saturated heterocycles. The molecule has 6 nitrogen and oxygen atoms in total. The fourth-order valence-electron chi connectivity index (χ4n) is 5.91. The van der Waals surface area contributed by atoms with Crippen molar-refractivity contribution in [3.63, 3.8) is 0 Å². The molecular formula is C24H30N4O2. The van der Waals surface area contributed by atoms with E-state index in [1.165, 1.54) is 19.3 Å². The molecule has 0 radical (unpaired) electrons. The third kappa shape index (κ3) is 3.34. The second-order valence-corrected chi connectivity index (χ2v) is 9.79. The summed E-state index contributed by atoms with van der Waals surface area (Å²) in [5, 5.41) is 9.22. The number of aromatic nitrogens is 2. The molecule has 1 aromatic heterocycles. The molecule has 158 valence electrons. The number of imidazole rings is 1. The van der Waals surface area contributed by atoms with Gasteiger partial charge in [-0.25, -0.2) is 9.78 Å². The van der Waals surface area contributed by atoms with Crippen LogP contribution in [0.5, 0.6) is 0 Å². The second kappa shape index (κ2) is 7.30. The third-order valence-electron chi connectivity index (χ3n) is 7.84. The molecule has 0 unspecified atom stereocenters. The van der Waals surface area contributed by atoms with E-state index in [0.29, 0.717) is 16.9 Å². The first-order valence-electron chi connectivity index (χ1n) is 11.4. The van der Waals surface area contributed by atoms with Crippen LogP contribution < -0.4 is 0 Å². The molecule has 1 aromatic carbocycles. The van der Waals surface area contributed by atoms with E-state index in [1.54, 1.807) is 0 Å². The van der Waals surface area contributed by atoms with Crippen molar-refractivity contribution in [3.8, 4) is 6.07 Å². The number of carbonyl (C=O) groups excluding carboxylic acids is 1. The Hall–Kier alpha value is -2.55. The molecule has 0 N–H and O–H groups in total. The highest BCUT2D eigenvalue weighted by Gasteiger charge is 2.50. The number of hydrogen-bond acceptors (Lipinski definition) is 4. The minimum absolute atomic E-state index is 0.109. The number of hydrogen-bond donors (Lipinski definition) is 0. The number of fused-ring (bicyclic) bond motifs is 1. The van der Waals surface area contributed by atoms with Gasteiger partial charge in [0.1, 0.15) is 5.60 Å². The van der Waals surface area contributed by atoms with Crippen LogP contribution >= 0.6 is 0 Å². The Morgan fingerprint density at radius 2 is 2.17 bits per heavy atom. The molecule has 30 heavy (non-hydrogen) atoms. The van der Waals surface area contributed by atoms with E-state index in [0.717, 1.165) is 62.8 Å². The van der Waals surface area contributed by atoms with Gasteiger partial charge in [0, 0.05) is 13.1 Å². The number of nitriles is 1. The first-order chi connectivity index (χ1) is 14.5. The first kappa shape index (κ1) is 19.4. The Bertz CT molecular complexity index is 997. The van der Waals surface area contributed by atoms with Gasteiger partial charge in [-0.2, -0.15) is 5.26 Å². The molecule has 2 aromatic rings. The van der Waals surface area contributed by atoms with E-state index in [-0.39, 0.29) is 11.7 Å². The number of benzene rings is 1. The summed E-state index contributed by atoms with van der Waals surface area (Å²) in [5.74, 6) is 0.443. The summed E-state index contributed by atoms with van der Waals surface area (Å²) in [5.41, 5.74) is 2.59. The van der Waals surface area contributed by atoms with Crippen molar-refractivity contribution < 1.29 is 9.53 Å². The minimum Gasteiger partial charge on any atom is -0.441 e. The van der Waals surface area contributed by atoms with Crippen molar-refractivity contribution in [1.82, 2.24) is 14.5 Å². The number of nitrogens with zero attached hydrogens (tertiary/aromatic N) is 4. The summed E-state index contributed by atoms with van der Waals surface area (Å²) in [6.45, 7) is 4.70. The van der Waals surface area contributed by atoms with E-state index < -0.39 is 0 Å². The number of amides is 1. The van der Waals surface area contributed by atoms with Gasteiger partial charge in [-0.3, -0.25) is 0 Å². The summed E-state index contributed by atoms with van der Waals surface area (Å²) in [6, 6.07) is 7.86. The van der Waals surface area contributed by atoms with Crippen LogP contribution in [0.4, 0.5) is 4.79 Å². The van der Waals surface area contributed by atoms with Gasteiger partial charge >= 0.3 is 6.09 Å². The molecule has 2 atom stereocenters. The van der Waals surface area contributed by atoms with Crippen LogP contribution in [0.3, 0.4) is 0 Å². The molecule has 3 fully saturated rings. The highest BCUT2D eigenvalue weighted by Crippen LogP contribution is 2.47. The fourth-order valence-corrected chi connectivity index (χ4v) is 5.91. The predicted molar refractivity (Wildman–Crippen MR) is 114 cm³/mol. The Kier molecular flexibility index (Phi) is 4.72. The van der Waals surface area contributed by atoms with Gasteiger partial charge in [0.2, 0.25) is 0 Å². The zero-order valence-corrected chi connectivity index (χ0v) is 17.8. The lowest BCUT2D eigenvalue weighted by Gasteiger charge is -2.43. The van der Waals surface area contributed by atoms with Crippen molar-refractivity contribution in [2.24, 2.45) is 11.3 Å². The molecule has 2 aliphatic carbocycles. The van der Waals surface area contributed by atoms with Crippen LogP contribution in [-0.4, -0.2) is 39.2 Å². The molecule has 1 spiro atoms. The van der Waals surface area contributed by atoms with Crippen LogP contribution in [0.2, 0.25) is 0 Å². The Balaban J connectivity index is 1.29. The SMILES string of the molecule is CCC1(CN2C[C@@]3(CCC[C@H](Cn4cnc5ccc(C#N)cc54)C3)OC2=O)CCC1. The van der Waals surface area contributed by atoms with Gasteiger partial charge < -0.3 is 14.2 Å². The minimum atomic E-state index is -0.327. The molecule has 0 bridgehead atoms. The molecule has 2 saturated carbocycles. The van der Waals surface area contributed by atoms with Gasteiger partial charge in [0.05, 0.1) is 35.5 Å². The van der Waals surface area contributed by atoms with Gasteiger partial charge in [0.25, 0.3) is 0 Å². The van der Waals surface area contributed by atoms with Crippen LogP contribution in [0, 0.1) is 22.7 Å². The van der Waals surface area contributed by atoms with Gasteiger partial charge in [-0.05, 0) is 74.5 Å². The van der Waals surface area contributed by atoms with Crippen LogP contribution in [0.15, 0.2) is 24.5 Å². The average Bonchev–Trinajstić information content (AvgIpc) is 3.24. The average molecular weight is 407 g/mol. The lowest BCUT2D eigenvalue weighted by Crippen LogP contribution is -2.45. The number of ether oxygens (including phenoxy) is 1. The van der Waals surface area contributed by atoms with E-state index in [2.05, 4.69) is 22.5 Å². The van der Waals surface area contributed by atoms with Crippen molar-refractivity contribution >= 4 is 17.1 Å². The van der Waals surface area contributed by atoms with E-state index in [1.807, 2.05) is 29.4 Å². The zero-order valence-electron chi connectivity index (χ0n) is 17.8.